The zero-order chi connectivity index (χ0) is 21.6. The van der Waals surface area contributed by atoms with E-state index in [9.17, 15) is 13.2 Å². The number of aryl methyl sites for hydroxylation is 1. The van der Waals surface area contributed by atoms with Crippen molar-refractivity contribution in [1.82, 2.24) is 5.32 Å². The van der Waals surface area contributed by atoms with Gasteiger partial charge in [0.2, 0.25) is 0 Å². The summed E-state index contributed by atoms with van der Waals surface area (Å²) in [7, 11) is -2.26. The predicted molar refractivity (Wildman–Crippen MR) is 123 cm³/mol. The lowest BCUT2D eigenvalue weighted by atomic mass is 10.2. The van der Waals surface area contributed by atoms with Gasteiger partial charge < -0.3 is 5.32 Å². The van der Waals surface area contributed by atoms with E-state index in [1.54, 1.807) is 48.2 Å². The molecule has 0 saturated carbocycles. The lowest BCUT2D eigenvalue weighted by Gasteiger charge is -2.19. The van der Waals surface area contributed by atoms with Crippen LogP contribution in [-0.4, -0.2) is 33.7 Å². The third-order valence-electron chi connectivity index (χ3n) is 4.55. The molecule has 5 nitrogen and oxygen atoms in total. The van der Waals surface area contributed by atoms with Crippen molar-refractivity contribution >= 4 is 33.4 Å². The van der Waals surface area contributed by atoms with Crippen LogP contribution in [0.15, 0.2) is 88.7 Å². The van der Waals surface area contributed by atoms with E-state index >= 15 is 0 Å². The second-order valence-electron chi connectivity index (χ2n) is 6.75. The maximum absolute atomic E-state index is 12.9. The van der Waals surface area contributed by atoms with Crippen molar-refractivity contribution < 1.29 is 13.2 Å². The molecule has 0 aliphatic rings. The number of para-hydroxylation sites is 1. The van der Waals surface area contributed by atoms with Crippen LogP contribution < -0.4 is 9.62 Å². The number of thioether (sulfide) groups is 1. The number of carbonyl (C=O) groups excluding carboxylic acids is 1. The largest absolute Gasteiger partial charge is 0.351 e. The lowest BCUT2D eigenvalue weighted by molar-refractivity contribution is 0.0956. The fourth-order valence-corrected chi connectivity index (χ4v) is 4.81. The van der Waals surface area contributed by atoms with Crippen LogP contribution in [0.2, 0.25) is 0 Å². The second-order valence-corrected chi connectivity index (χ2v) is 9.89. The molecular weight excluding hydrogens is 416 g/mol. The fraction of sp³-hybridized carbons (Fsp3) is 0.174. The van der Waals surface area contributed by atoms with Crippen molar-refractivity contribution in [2.24, 2.45) is 0 Å². The molecule has 3 aromatic rings. The van der Waals surface area contributed by atoms with E-state index in [2.05, 4.69) is 29.6 Å². The Morgan fingerprint density at radius 1 is 0.967 bits per heavy atom. The maximum Gasteiger partial charge on any atom is 0.264 e. The van der Waals surface area contributed by atoms with Crippen LogP contribution in [0.1, 0.15) is 15.9 Å². The predicted octanol–water partition coefficient (Wildman–Crippen LogP) is 4.34. The van der Waals surface area contributed by atoms with Crippen LogP contribution in [0.25, 0.3) is 0 Å². The van der Waals surface area contributed by atoms with E-state index in [-0.39, 0.29) is 10.8 Å². The smallest absolute Gasteiger partial charge is 0.264 e. The number of anilines is 1. The summed E-state index contributed by atoms with van der Waals surface area (Å²) in [5.41, 5.74) is 2.08. The molecule has 0 unspecified atom stereocenters. The van der Waals surface area contributed by atoms with Crippen LogP contribution in [0.4, 0.5) is 5.69 Å². The summed E-state index contributed by atoms with van der Waals surface area (Å²) in [6.07, 6.45) is 0. The molecular formula is C23H24N2O3S2. The van der Waals surface area contributed by atoms with Gasteiger partial charge in [-0.1, -0.05) is 42.0 Å². The quantitative estimate of drug-likeness (QED) is 0.418. The van der Waals surface area contributed by atoms with Crippen LogP contribution >= 0.6 is 11.8 Å². The first-order valence-electron chi connectivity index (χ1n) is 9.49. The Bertz CT molecular complexity index is 1100. The highest BCUT2D eigenvalue weighted by Crippen LogP contribution is 2.22. The van der Waals surface area contributed by atoms with E-state index in [1.807, 2.05) is 13.0 Å². The fourth-order valence-electron chi connectivity index (χ4n) is 2.80. The Hall–Kier alpha value is -2.77. The maximum atomic E-state index is 12.9. The van der Waals surface area contributed by atoms with Gasteiger partial charge in [-0.05, 0) is 49.4 Å². The van der Waals surface area contributed by atoms with Gasteiger partial charge in [-0.3, -0.25) is 9.10 Å². The molecule has 0 heterocycles. The summed E-state index contributed by atoms with van der Waals surface area (Å²) in [6.45, 7) is 2.53. The number of nitrogens with one attached hydrogen (secondary N) is 1. The summed E-state index contributed by atoms with van der Waals surface area (Å²) in [6, 6.07) is 23.2. The number of nitrogens with zero attached hydrogens (tertiary/aromatic N) is 1. The van der Waals surface area contributed by atoms with Crippen molar-refractivity contribution in [1.29, 1.82) is 0 Å². The molecule has 1 N–H and O–H groups in total. The SMILES string of the molecule is Cc1ccc(SCCNC(=O)c2cccc(S(=O)(=O)N(C)c3ccccc3)c2)cc1. The van der Waals surface area contributed by atoms with Gasteiger partial charge in [0.05, 0.1) is 10.6 Å². The van der Waals surface area contributed by atoms with Crippen LogP contribution in [0, 0.1) is 6.92 Å². The summed E-state index contributed by atoms with van der Waals surface area (Å²) in [5, 5.41) is 2.85. The van der Waals surface area contributed by atoms with Gasteiger partial charge in [-0.2, -0.15) is 0 Å². The average Bonchev–Trinajstić information content (AvgIpc) is 2.78. The van der Waals surface area contributed by atoms with Gasteiger partial charge in [-0.25, -0.2) is 8.42 Å². The van der Waals surface area contributed by atoms with Crippen molar-refractivity contribution in [3.8, 4) is 0 Å². The molecule has 3 rings (SSSR count). The molecule has 0 aromatic heterocycles. The first-order valence-corrected chi connectivity index (χ1v) is 11.9. The Morgan fingerprint density at radius 2 is 1.67 bits per heavy atom. The molecule has 0 fully saturated rings. The third kappa shape index (κ3) is 5.43. The first-order chi connectivity index (χ1) is 14.4. The number of hydrogen-bond donors (Lipinski definition) is 1. The first kappa shape index (κ1) is 21.9. The van der Waals surface area contributed by atoms with E-state index < -0.39 is 10.0 Å². The molecule has 0 saturated heterocycles. The number of hydrogen-bond acceptors (Lipinski definition) is 4. The minimum Gasteiger partial charge on any atom is -0.351 e. The van der Waals surface area contributed by atoms with E-state index in [1.165, 1.54) is 29.0 Å². The molecule has 1 amide bonds. The van der Waals surface area contributed by atoms with Crippen molar-refractivity contribution in [2.45, 2.75) is 16.7 Å². The average molecular weight is 441 g/mol. The topological polar surface area (TPSA) is 66.5 Å². The Morgan fingerprint density at radius 3 is 2.37 bits per heavy atom. The van der Waals surface area contributed by atoms with Gasteiger partial charge in [0.15, 0.2) is 0 Å². The van der Waals surface area contributed by atoms with Gasteiger partial charge in [0.25, 0.3) is 15.9 Å². The van der Waals surface area contributed by atoms with Crippen molar-refractivity contribution in [3.05, 3.63) is 90.0 Å². The molecule has 30 heavy (non-hydrogen) atoms. The minimum absolute atomic E-state index is 0.0792. The summed E-state index contributed by atoms with van der Waals surface area (Å²) in [5.74, 6) is 0.433. The van der Waals surface area contributed by atoms with Crippen LogP contribution in [-0.2, 0) is 10.0 Å². The lowest BCUT2D eigenvalue weighted by Crippen LogP contribution is -2.28. The molecule has 0 bridgehead atoms. The number of benzene rings is 3. The number of rotatable bonds is 8. The highest BCUT2D eigenvalue weighted by molar-refractivity contribution is 7.99. The van der Waals surface area contributed by atoms with E-state index in [4.69, 9.17) is 0 Å². The minimum atomic E-state index is -3.76. The van der Waals surface area contributed by atoms with Crippen molar-refractivity contribution in [3.63, 3.8) is 0 Å². The molecule has 0 atom stereocenters. The molecule has 3 aromatic carbocycles. The zero-order valence-electron chi connectivity index (χ0n) is 16.9. The monoisotopic (exact) mass is 440 g/mol. The molecule has 0 spiro atoms. The number of sulfonamides is 1. The zero-order valence-corrected chi connectivity index (χ0v) is 18.5. The van der Waals surface area contributed by atoms with Gasteiger partial charge in [0, 0.05) is 29.8 Å². The highest BCUT2D eigenvalue weighted by atomic mass is 32.2. The molecule has 0 aliphatic carbocycles. The summed E-state index contributed by atoms with van der Waals surface area (Å²) >= 11 is 1.66. The number of amides is 1. The number of carbonyl (C=O) groups is 1. The summed E-state index contributed by atoms with van der Waals surface area (Å²) < 4.78 is 27.1. The highest BCUT2D eigenvalue weighted by Gasteiger charge is 2.22. The Balaban J connectivity index is 1.62. The third-order valence-corrected chi connectivity index (χ3v) is 7.35. The van der Waals surface area contributed by atoms with E-state index in [0.717, 1.165) is 10.6 Å². The Labute approximate surface area is 182 Å². The summed E-state index contributed by atoms with van der Waals surface area (Å²) in [4.78, 5) is 13.7. The van der Waals surface area contributed by atoms with Crippen molar-refractivity contribution in [2.75, 3.05) is 23.7 Å². The van der Waals surface area contributed by atoms with E-state index in [0.29, 0.717) is 17.8 Å². The molecule has 0 aliphatic heterocycles. The molecule has 7 heteroatoms. The Kier molecular flexibility index (Phi) is 7.18. The van der Waals surface area contributed by atoms with Crippen LogP contribution in [0.5, 0.6) is 0 Å². The molecule has 156 valence electrons. The van der Waals surface area contributed by atoms with Gasteiger partial charge in [-0.15, -0.1) is 11.8 Å². The normalized spacial score (nSPS) is 11.1. The second kappa shape index (κ2) is 9.82. The standard InChI is InChI=1S/C23H24N2O3S2/c1-18-11-13-21(14-12-18)29-16-15-24-23(26)19-7-6-10-22(17-19)30(27,28)25(2)20-8-4-3-5-9-20/h3-14,17H,15-16H2,1-2H3,(H,24,26). The van der Waals surface area contributed by atoms with Gasteiger partial charge in [0.1, 0.15) is 0 Å². The molecule has 0 radical (unpaired) electrons. The van der Waals surface area contributed by atoms with Gasteiger partial charge >= 0.3 is 0 Å². The van der Waals surface area contributed by atoms with Crippen LogP contribution in [0.3, 0.4) is 0 Å².